The van der Waals surface area contributed by atoms with Gasteiger partial charge in [0, 0.05) is 29.9 Å². The lowest BCUT2D eigenvalue weighted by Gasteiger charge is -2.40. The van der Waals surface area contributed by atoms with Gasteiger partial charge in [-0.1, -0.05) is 24.3 Å². The summed E-state index contributed by atoms with van der Waals surface area (Å²) in [6.07, 6.45) is -9.65. The minimum atomic E-state index is -6.33. The lowest BCUT2D eigenvalue weighted by molar-refractivity contribution is -0.348. The number of carbonyl (C=O) groups is 1. The zero-order valence-corrected chi connectivity index (χ0v) is 22.0. The quantitative estimate of drug-likeness (QED) is 0.158. The van der Waals surface area contributed by atoms with Gasteiger partial charge in [-0.2, -0.15) is 26.3 Å². The number of alkyl halides is 7. The number of rotatable bonds is 7. The molecule has 3 aromatic rings. The van der Waals surface area contributed by atoms with Gasteiger partial charge in [-0.05, 0) is 73.6 Å². The molecule has 0 spiro atoms. The van der Waals surface area contributed by atoms with E-state index < -0.39 is 44.0 Å². The van der Waals surface area contributed by atoms with Gasteiger partial charge >= 0.3 is 18.0 Å². The van der Waals surface area contributed by atoms with E-state index in [1.54, 1.807) is 12.1 Å². The average molecular weight is 606 g/mol. The maximum atomic E-state index is 14.6. The molecule has 0 amide bonds. The van der Waals surface area contributed by atoms with Crippen molar-refractivity contribution in [1.82, 2.24) is 4.98 Å². The lowest BCUT2D eigenvalue weighted by Crippen LogP contribution is -2.50. The van der Waals surface area contributed by atoms with Crippen LogP contribution < -0.4 is 0 Å². The number of benzene rings is 2. The number of nitrogens with zero attached hydrogens (tertiary/aromatic N) is 1. The summed E-state index contributed by atoms with van der Waals surface area (Å²) < 4.78 is 134. The molecule has 4 nitrogen and oxygen atoms in total. The zero-order chi connectivity index (χ0) is 30.3. The Balaban J connectivity index is 1.72. The van der Waals surface area contributed by atoms with Gasteiger partial charge in [0.15, 0.2) is 15.6 Å². The monoisotopic (exact) mass is 605 g/mol. The van der Waals surface area contributed by atoms with Crippen LogP contribution in [0.1, 0.15) is 53.6 Å². The van der Waals surface area contributed by atoms with Crippen LogP contribution in [0.15, 0.2) is 78.0 Å². The SMILES string of the molecule is O=C(CC1CCC(c2ccc(C(F)(C(F)(F)F)C(F)(F)F)cc2)(S(=O)(=O)c2ccc(F)cc2)CC1)c1cccnc1. The van der Waals surface area contributed by atoms with Crippen LogP contribution in [0.5, 0.6) is 0 Å². The molecule has 0 radical (unpaired) electrons. The first-order valence-electron chi connectivity index (χ1n) is 12.4. The molecule has 4 rings (SSSR count). The largest absolute Gasteiger partial charge is 0.435 e. The van der Waals surface area contributed by atoms with Crippen molar-refractivity contribution in [3.8, 4) is 0 Å². The topological polar surface area (TPSA) is 64.1 Å². The van der Waals surface area contributed by atoms with Crippen LogP contribution in [0.2, 0.25) is 0 Å². The maximum Gasteiger partial charge on any atom is 0.435 e. The molecule has 1 aliphatic carbocycles. The van der Waals surface area contributed by atoms with Gasteiger partial charge in [-0.15, -0.1) is 0 Å². The van der Waals surface area contributed by atoms with Gasteiger partial charge in [0.2, 0.25) is 0 Å². The van der Waals surface area contributed by atoms with Crippen LogP contribution in [-0.2, 0) is 20.3 Å². The van der Waals surface area contributed by atoms with Crippen molar-refractivity contribution in [3.63, 3.8) is 0 Å². The predicted molar refractivity (Wildman–Crippen MR) is 132 cm³/mol. The van der Waals surface area contributed by atoms with Crippen molar-refractivity contribution in [2.45, 2.75) is 59.8 Å². The molecule has 0 saturated heterocycles. The van der Waals surface area contributed by atoms with E-state index in [2.05, 4.69) is 4.98 Å². The van der Waals surface area contributed by atoms with Crippen LogP contribution >= 0.6 is 0 Å². The number of halogens is 8. The molecule has 0 N–H and O–H groups in total. The Labute approximate surface area is 230 Å². The number of hydrogen-bond donors (Lipinski definition) is 0. The van der Waals surface area contributed by atoms with Crippen molar-refractivity contribution in [2.24, 2.45) is 5.92 Å². The molecule has 0 atom stereocenters. The van der Waals surface area contributed by atoms with E-state index in [0.29, 0.717) is 5.56 Å². The van der Waals surface area contributed by atoms with Crippen molar-refractivity contribution >= 4 is 15.6 Å². The number of pyridine rings is 1. The number of Topliss-reactive ketones (excluding diaryl/α,β-unsaturated/α-hetero) is 1. The molecule has 0 unspecified atom stereocenters. The fourth-order valence-corrected chi connectivity index (χ4v) is 7.46. The highest BCUT2D eigenvalue weighted by Gasteiger charge is 2.73. The van der Waals surface area contributed by atoms with Gasteiger partial charge < -0.3 is 0 Å². The van der Waals surface area contributed by atoms with Crippen LogP contribution in [0.25, 0.3) is 0 Å². The Kier molecular flexibility index (Phi) is 8.07. The van der Waals surface area contributed by atoms with Gasteiger partial charge in [0.05, 0.1) is 4.90 Å². The maximum absolute atomic E-state index is 14.6. The molecule has 0 aliphatic heterocycles. The average Bonchev–Trinajstić information content (AvgIpc) is 2.92. The van der Waals surface area contributed by atoms with Crippen LogP contribution in [0, 0.1) is 11.7 Å². The summed E-state index contributed by atoms with van der Waals surface area (Å²) in [7, 11) is -4.40. The highest BCUT2D eigenvalue weighted by atomic mass is 32.2. The van der Waals surface area contributed by atoms with E-state index in [4.69, 9.17) is 0 Å². The van der Waals surface area contributed by atoms with Gasteiger partial charge in [0.25, 0.3) is 0 Å². The third-order valence-electron chi connectivity index (χ3n) is 7.60. The smallest absolute Gasteiger partial charge is 0.294 e. The summed E-state index contributed by atoms with van der Waals surface area (Å²) in [6, 6.07) is 9.09. The minimum absolute atomic E-state index is 0.0683. The highest BCUT2D eigenvalue weighted by molar-refractivity contribution is 7.92. The molecule has 1 aromatic heterocycles. The van der Waals surface area contributed by atoms with E-state index in [9.17, 15) is 48.3 Å². The second kappa shape index (κ2) is 10.8. The number of sulfone groups is 1. The molecule has 0 bridgehead atoms. The molecular formula is C28H23F8NO3S. The Morgan fingerprint density at radius 1 is 0.854 bits per heavy atom. The summed E-state index contributed by atoms with van der Waals surface area (Å²) >= 11 is 0. The van der Waals surface area contributed by atoms with Gasteiger partial charge in [0.1, 0.15) is 10.6 Å². The second-order valence-corrected chi connectivity index (χ2v) is 12.3. The molecule has 1 heterocycles. The first-order chi connectivity index (χ1) is 19.0. The summed E-state index contributed by atoms with van der Waals surface area (Å²) in [6.45, 7) is 0. The Bertz CT molecular complexity index is 1460. The second-order valence-electron chi connectivity index (χ2n) is 10.00. The van der Waals surface area contributed by atoms with Crippen molar-refractivity contribution in [3.05, 3.63) is 95.6 Å². The van der Waals surface area contributed by atoms with E-state index in [1.807, 2.05) is 0 Å². The van der Waals surface area contributed by atoms with E-state index in [0.717, 1.165) is 36.4 Å². The molecule has 1 aliphatic rings. The first kappa shape index (κ1) is 30.6. The molecule has 1 saturated carbocycles. The third-order valence-corrected chi connectivity index (χ3v) is 10.2. The summed E-state index contributed by atoms with van der Waals surface area (Å²) in [5.74, 6) is -1.22. The predicted octanol–water partition coefficient (Wildman–Crippen LogP) is 7.64. The summed E-state index contributed by atoms with van der Waals surface area (Å²) in [5.41, 5.74) is -7.20. The van der Waals surface area contributed by atoms with Crippen molar-refractivity contribution < 1.29 is 48.3 Å². The number of hydrogen-bond acceptors (Lipinski definition) is 4. The number of ketones is 1. The van der Waals surface area contributed by atoms with Crippen LogP contribution in [0.4, 0.5) is 35.1 Å². The highest BCUT2D eigenvalue weighted by Crippen LogP contribution is 2.54. The minimum Gasteiger partial charge on any atom is -0.294 e. The molecule has 220 valence electrons. The Morgan fingerprint density at radius 3 is 1.90 bits per heavy atom. The van der Waals surface area contributed by atoms with Crippen LogP contribution in [-0.4, -0.2) is 31.5 Å². The lowest BCUT2D eigenvalue weighted by atomic mass is 9.75. The Hall–Kier alpha value is -3.35. The molecule has 2 aromatic carbocycles. The summed E-state index contributed by atoms with van der Waals surface area (Å²) in [5, 5.41) is 0. The Morgan fingerprint density at radius 2 is 1.41 bits per heavy atom. The molecule has 41 heavy (non-hydrogen) atoms. The normalized spacial score (nSPS) is 20.5. The van der Waals surface area contributed by atoms with Crippen molar-refractivity contribution in [2.75, 3.05) is 0 Å². The third kappa shape index (κ3) is 5.47. The number of carbonyl (C=O) groups excluding carboxylic acids is 1. The molecule has 1 fully saturated rings. The van der Waals surface area contributed by atoms with E-state index in [1.165, 1.54) is 12.4 Å². The first-order valence-corrected chi connectivity index (χ1v) is 13.9. The van der Waals surface area contributed by atoms with E-state index >= 15 is 0 Å². The number of aromatic nitrogens is 1. The fraction of sp³-hybridized carbons (Fsp3) is 0.357. The fourth-order valence-electron chi connectivity index (χ4n) is 5.30. The molecule has 13 heteroatoms. The standard InChI is InChI=1S/C28H23F8NO3S/c29-22-7-9-23(10-8-22)41(39,40)25(13-11-18(12-14-25)16-24(38)19-2-1-15-37-17-19)20-3-5-21(6-4-20)26(30,27(31,32)33)28(34,35)36/h1-10,15,17-18H,11-14,16H2. The van der Waals surface area contributed by atoms with Gasteiger partial charge in [-0.3, -0.25) is 9.78 Å². The van der Waals surface area contributed by atoms with Crippen LogP contribution in [0.3, 0.4) is 0 Å². The molecular weight excluding hydrogens is 582 g/mol. The summed E-state index contributed by atoms with van der Waals surface area (Å²) in [4.78, 5) is 16.3. The van der Waals surface area contributed by atoms with Gasteiger partial charge in [-0.25, -0.2) is 17.2 Å². The van der Waals surface area contributed by atoms with Crippen molar-refractivity contribution in [1.29, 1.82) is 0 Å². The zero-order valence-electron chi connectivity index (χ0n) is 21.1. The van der Waals surface area contributed by atoms with E-state index in [-0.39, 0.29) is 66.4 Å².